The van der Waals surface area contributed by atoms with Crippen molar-refractivity contribution in [2.24, 2.45) is 29.2 Å². The minimum absolute atomic E-state index is 0.0317. The second-order valence-corrected chi connectivity index (χ2v) is 16.9. The van der Waals surface area contributed by atoms with E-state index < -0.39 is 39.9 Å². The number of halogens is 1. The van der Waals surface area contributed by atoms with E-state index in [4.69, 9.17) is 21.1 Å². The van der Waals surface area contributed by atoms with Crippen LogP contribution in [0.4, 0.5) is 5.69 Å². The predicted molar refractivity (Wildman–Crippen MR) is 194 cm³/mol. The summed E-state index contributed by atoms with van der Waals surface area (Å²) in [5.41, 5.74) is 2.98. The van der Waals surface area contributed by atoms with Crippen LogP contribution in [0, 0.1) is 17.8 Å². The van der Waals surface area contributed by atoms with Crippen LogP contribution in [-0.2, 0) is 28.8 Å². The number of anilines is 1. The molecule has 14 heteroatoms. The van der Waals surface area contributed by atoms with Crippen molar-refractivity contribution < 1.29 is 33.5 Å². The van der Waals surface area contributed by atoms with Gasteiger partial charge in [-0.25, -0.2) is 4.21 Å². The number of carbonyl (C=O) groups is 2. The van der Waals surface area contributed by atoms with Gasteiger partial charge >= 0.3 is 0 Å². The molecule has 272 valence electrons. The van der Waals surface area contributed by atoms with E-state index in [1.807, 2.05) is 12.1 Å². The molecule has 2 aliphatic heterocycles. The minimum Gasteiger partial charge on any atom is -0.490 e. The maximum atomic E-state index is 14.5. The Labute approximate surface area is 303 Å². The average molecular weight is 738 g/mol. The number of allylic oxidation sites excluding steroid dienone is 1. The van der Waals surface area contributed by atoms with Crippen LogP contribution < -0.4 is 19.1 Å². The standard InChI is InChI=1S/C37H44ClN5O7S/c1-22-6-12-31(44)33(45)27-10-7-25(27)17-43-20-37(14-4-5-23-15-26(38)9-11-29(23)37)21-50-32-13-8-24(16-30(32)43)34(46)40-51(48,19-22)41-35(47)28-18-42(2)39-36(28)49-3/h6,8-9,11-13,15-16,18,22,25,27,31,33,44-45H,4-5,7,10,14,17,19-21H2,1-3H3,(H,40,41,46,47,48)/b12-6-/t22-,25-,27+,31-,33-,37-,51?/m0/s1. The van der Waals surface area contributed by atoms with E-state index in [1.165, 1.54) is 35.2 Å². The van der Waals surface area contributed by atoms with Gasteiger partial charge in [0.15, 0.2) is 0 Å². The zero-order chi connectivity index (χ0) is 36.1. The Morgan fingerprint density at radius 2 is 2.00 bits per heavy atom. The molecule has 2 aromatic carbocycles. The van der Waals surface area contributed by atoms with Crippen LogP contribution in [0.2, 0.25) is 5.02 Å². The highest BCUT2D eigenvalue weighted by Crippen LogP contribution is 2.47. The normalized spacial score (nSPS) is 31.2. The van der Waals surface area contributed by atoms with Crippen LogP contribution in [0.25, 0.3) is 0 Å². The first-order chi connectivity index (χ1) is 24.4. The summed E-state index contributed by atoms with van der Waals surface area (Å²) in [6.07, 6.45) is 6.85. The van der Waals surface area contributed by atoms with Crippen LogP contribution >= 0.6 is 11.6 Å². The number of rotatable bonds is 3. The summed E-state index contributed by atoms with van der Waals surface area (Å²) in [6, 6.07) is 11.2. The fourth-order valence-corrected chi connectivity index (χ4v) is 10.1. The van der Waals surface area contributed by atoms with Gasteiger partial charge in [-0.15, -0.1) is 9.46 Å². The van der Waals surface area contributed by atoms with Crippen molar-refractivity contribution in [2.75, 3.05) is 37.5 Å². The molecule has 3 heterocycles. The molecule has 12 nitrogen and oxygen atoms in total. The lowest BCUT2D eigenvalue weighted by molar-refractivity contribution is -0.0459. The first-order valence-corrected chi connectivity index (χ1v) is 19.5. The molecule has 0 radical (unpaired) electrons. The lowest BCUT2D eigenvalue weighted by Gasteiger charge is -2.46. The molecule has 3 N–H and O–H groups in total. The van der Waals surface area contributed by atoms with E-state index in [0.29, 0.717) is 36.2 Å². The van der Waals surface area contributed by atoms with Crippen LogP contribution in [0.5, 0.6) is 11.6 Å². The quantitative estimate of drug-likeness (QED) is 0.331. The lowest BCUT2D eigenvalue weighted by atomic mass is 9.68. The number of nitrogens with one attached hydrogen (secondary N) is 1. The highest BCUT2D eigenvalue weighted by atomic mass is 35.5. The second kappa shape index (κ2) is 13.9. The molecule has 0 saturated heterocycles. The molecule has 1 fully saturated rings. The van der Waals surface area contributed by atoms with Gasteiger partial charge in [-0.1, -0.05) is 36.7 Å². The van der Waals surface area contributed by atoms with Crippen molar-refractivity contribution in [3.05, 3.63) is 82.0 Å². The molecule has 1 saturated carbocycles. The molecule has 7 rings (SSSR count). The SMILES string of the molecule is COc1nn(C)cc1C(=O)NS1(=O)=NC(=O)c2ccc3c(c2)N(C[C@@H]2CC[C@H]2[C@H](O)[C@@H](O)/C=C\[C@H](C)C1)C[C@@]1(CCCc2cc(Cl)ccc21)CO3. The lowest BCUT2D eigenvalue weighted by Crippen LogP contribution is -2.50. The summed E-state index contributed by atoms with van der Waals surface area (Å²) in [6.45, 7) is 3.34. The molecule has 1 spiro atoms. The van der Waals surface area contributed by atoms with Gasteiger partial charge in [0, 0.05) is 42.3 Å². The summed E-state index contributed by atoms with van der Waals surface area (Å²) < 4.78 is 34.4. The number of carbonyl (C=O) groups excluding carboxylic acids is 2. The Morgan fingerprint density at radius 1 is 1.18 bits per heavy atom. The number of hydrogen-bond donors (Lipinski definition) is 3. The van der Waals surface area contributed by atoms with Crippen molar-refractivity contribution in [1.29, 1.82) is 0 Å². The molecule has 2 amide bonds. The topological polar surface area (TPSA) is 156 Å². The first-order valence-electron chi connectivity index (χ1n) is 17.4. The minimum atomic E-state index is -3.74. The van der Waals surface area contributed by atoms with E-state index in [2.05, 4.69) is 25.1 Å². The summed E-state index contributed by atoms with van der Waals surface area (Å²) in [4.78, 5) is 29.6. The van der Waals surface area contributed by atoms with E-state index >= 15 is 0 Å². The fourth-order valence-electron chi connectivity index (χ4n) is 8.15. The third kappa shape index (κ3) is 7.01. The second-order valence-electron chi connectivity index (χ2n) is 14.5. The smallest absolute Gasteiger partial charge is 0.286 e. The molecule has 4 aliphatic rings. The number of aliphatic hydroxyl groups excluding tert-OH is 2. The number of aromatic nitrogens is 2. The van der Waals surface area contributed by atoms with Gasteiger partial charge < -0.3 is 24.6 Å². The molecule has 2 aliphatic carbocycles. The van der Waals surface area contributed by atoms with E-state index in [1.54, 1.807) is 38.2 Å². The Balaban J connectivity index is 1.31. The summed E-state index contributed by atoms with van der Waals surface area (Å²) in [5.74, 6) is -1.67. The average Bonchev–Trinajstić information content (AvgIpc) is 3.40. The van der Waals surface area contributed by atoms with Crippen molar-refractivity contribution in [2.45, 2.75) is 56.7 Å². The number of aryl methyl sites for hydroxylation is 2. The van der Waals surface area contributed by atoms with Crippen molar-refractivity contribution in [1.82, 2.24) is 14.5 Å². The van der Waals surface area contributed by atoms with Gasteiger partial charge in [-0.2, -0.15) is 0 Å². The highest BCUT2D eigenvalue weighted by molar-refractivity contribution is 7.92. The Morgan fingerprint density at radius 3 is 2.76 bits per heavy atom. The zero-order valence-electron chi connectivity index (χ0n) is 29.0. The summed E-state index contributed by atoms with van der Waals surface area (Å²) in [5, 5.41) is 27.3. The maximum Gasteiger partial charge on any atom is 0.286 e. The van der Waals surface area contributed by atoms with Gasteiger partial charge in [0.25, 0.3) is 11.8 Å². The van der Waals surface area contributed by atoms with E-state index in [-0.39, 0.29) is 40.0 Å². The molecule has 2 bridgehead atoms. The van der Waals surface area contributed by atoms with Crippen LogP contribution in [0.15, 0.2) is 59.1 Å². The number of hydrogen-bond acceptors (Lipinski definition) is 9. The molecule has 51 heavy (non-hydrogen) atoms. The number of aliphatic hydroxyl groups is 2. The largest absolute Gasteiger partial charge is 0.490 e. The Bertz CT molecular complexity index is 2010. The molecular formula is C37H44ClN5O7S. The van der Waals surface area contributed by atoms with Crippen LogP contribution in [-0.4, -0.2) is 80.8 Å². The van der Waals surface area contributed by atoms with Gasteiger partial charge in [0.05, 0.1) is 37.4 Å². The first kappa shape index (κ1) is 35.5. The fraction of sp³-hybridized carbons (Fsp3) is 0.486. The number of amides is 2. The van der Waals surface area contributed by atoms with Crippen LogP contribution in [0.3, 0.4) is 0 Å². The zero-order valence-corrected chi connectivity index (χ0v) is 30.5. The third-order valence-electron chi connectivity index (χ3n) is 10.8. The highest BCUT2D eigenvalue weighted by Gasteiger charge is 2.45. The summed E-state index contributed by atoms with van der Waals surface area (Å²) in [7, 11) is -0.749. The van der Waals surface area contributed by atoms with Gasteiger partial charge in [0.2, 0.25) is 5.88 Å². The Kier molecular flexibility index (Phi) is 9.68. The number of ether oxygens (including phenoxy) is 2. The van der Waals surface area contributed by atoms with Crippen molar-refractivity contribution in [3.8, 4) is 11.6 Å². The monoisotopic (exact) mass is 737 g/mol. The van der Waals surface area contributed by atoms with Gasteiger partial charge in [0.1, 0.15) is 21.2 Å². The molecule has 1 aromatic heterocycles. The van der Waals surface area contributed by atoms with Crippen molar-refractivity contribution in [3.63, 3.8) is 0 Å². The van der Waals surface area contributed by atoms with Crippen molar-refractivity contribution >= 4 is 39.0 Å². The Hall–Kier alpha value is -3.91. The summed E-state index contributed by atoms with van der Waals surface area (Å²) >= 11 is 6.42. The van der Waals surface area contributed by atoms with E-state index in [0.717, 1.165) is 32.1 Å². The third-order valence-corrected chi connectivity index (χ3v) is 13.0. The molecule has 3 aromatic rings. The number of nitrogens with zero attached hydrogens (tertiary/aromatic N) is 4. The number of fused-ring (bicyclic) bond motifs is 4. The number of methoxy groups -OCH3 is 1. The molecule has 7 atom stereocenters. The molecule has 1 unspecified atom stereocenters. The van der Waals surface area contributed by atoms with Gasteiger partial charge in [-0.3, -0.25) is 19.0 Å². The predicted octanol–water partition coefficient (Wildman–Crippen LogP) is 4.46. The maximum absolute atomic E-state index is 14.5. The van der Waals surface area contributed by atoms with E-state index in [9.17, 15) is 24.0 Å². The molecular weight excluding hydrogens is 694 g/mol. The van der Waals surface area contributed by atoms with Crippen LogP contribution in [0.1, 0.15) is 64.4 Å². The number of benzene rings is 2. The van der Waals surface area contributed by atoms with Gasteiger partial charge in [-0.05, 0) is 91.3 Å².